The monoisotopic (exact) mass is 384 g/mol. The van der Waals surface area contributed by atoms with Gasteiger partial charge in [-0.05, 0) is 74.9 Å². The predicted octanol–water partition coefficient (Wildman–Crippen LogP) is 4.78. The predicted molar refractivity (Wildman–Crippen MR) is 111 cm³/mol. The topological polar surface area (TPSA) is 41.6 Å². The van der Waals surface area contributed by atoms with Crippen LogP contribution in [0.15, 0.2) is 24.3 Å². The third-order valence-corrected chi connectivity index (χ3v) is 6.91. The molecule has 27 heavy (non-hydrogen) atoms. The quantitative estimate of drug-likeness (QED) is 0.807. The molecule has 1 aliphatic heterocycles. The third-order valence-electron chi connectivity index (χ3n) is 5.69. The number of hydrogen-bond donors (Lipinski definition) is 1. The maximum Gasteiger partial charge on any atom is 0.221 e. The molecule has 1 amide bonds. The number of anilines is 1. The maximum atomic E-state index is 11.9. The summed E-state index contributed by atoms with van der Waals surface area (Å²) >= 11 is 1.79. The van der Waals surface area contributed by atoms with Crippen LogP contribution < -0.4 is 10.1 Å². The maximum absolute atomic E-state index is 11.9. The number of methoxy groups -OCH3 is 1. The van der Waals surface area contributed by atoms with Gasteiger partial charge < -0.3 is 10.1 Å². The van der Waals surface area contributed by atoms with E-state index >= 15 is 0 Å². The largest absolute Gasteiger partial charge is 0.497 e. The molecule has 2 aromatic rings. The first-order valence-electron chi connectivity index (χ1n) is 9.97. The molecule has 0 bridgehead atoms. The normalized spacial score (nSPS) is 18.1. The molecule has 1 unspecified atom stereocenters. The van der Waals surface area contributed by atoms with E-state index in [0.29, 0.717) is 0 Å². The molecule has 1 atom stereocenters. The molecule has 0 saturated carbocycles. The highest BCUT2D eigenvalue weighted by atomic mass is 32.1. The Balaban J connectivity index is 1.86. The van der Waals surface area contributed by atoms with Crippen molar-refractivity contribution in [1.29, 1.82) is 0 Å². The van der Waals surface area contributed by atoms with E-state index < -0.39 is 0 Å². The zero-order valence-electron chi connectivity index (χ0n) is 16.2. The van der Waals surface area contributed by atoms with Crippen LogP contribution in [-0.2, 0) is 17.6 Å². The van der Waals surface area contributed by atoms with Gasteiger partial charge in [0.05, 0.1) is 13.2 Å². The average Bonchev–Trinajstić information content (AvgIpc) is 3.31. The Hall–Kier alpha value is -1.85. The van der Waals surface area contributed by atoms with Gasteiger partial charge in [-0.15, -0.1) is 11.3 Å². The summed E-state index contributed by atoms with van der Waals surface area (Å²) in [4.78, 5) is 16.0. The van der Waals surface area contributed by atoms with Gasteiger partial charge in [-0.25, -0.2) is 0 Å². The number of carbonyl (C=O) groups excluding carboxylic acids is 1. The van der Waals surface area contributed by atoms with E-state index in [2.05, 4.69) is 28.4 Å². The Kier molecular flexibility index (Phi) is 5.50. The smallest absolute Gasteiger partial charge is 0.221 e. The summed E-state index contributed by atoms with van der Waals surface area (Å²) in [7, 11) is 1.72. The number of carbonyl (C=O) groups is 1. The van der Waals surface area contributed by atoms with Crippen molar-refractivity contribution in [3.8, 4) is 5.75 Å². The van der Waals surface area contributed by atoms with E-state index in [1.165, 1.54) is 47.3 Å². The van der Waals surface area contributed by atoms with Crippen LogP contribution in [-0.4, -0.2) is 31.0 Å². The molecule has 1 aliphatic carbocycles. The fraction of sp³-hybridized carbons (Fsp3) is 0.500. The lowest BCUT2D eigenvalue weighted by atomic mass is 9.89. The van der Waals surface area contributed by atoms with Crippen LogP contribution in [0, 0.1) is 0 Å². The van der Waals surface area contributed by atoms with E-state index in [-0.39, 0.29) is 11.9 Å². The number of rotatable bonds is 5. The summed E-state index contributed by atoms with van der Waals surface area (Å²) < 4.78 is 5.51. The number of amides is 1. The van der Waals surface area contributed by atoms with Crippen molar-refractivity contribution in [3.63, 3.8) is 0 Å². The molecule has 1 aromatic heterocycles. The lowest BCUT2D eigenvalue weighted by Gasteiger charge is -2.30. The molecule has 2 heterocycles. The Labute approximate surface area is 165 Å². The lowest BCUT2D eigenvalue weighted by molar-refractivity contribution is -0.114. The fourth-order valence-electron chi connectivity index (χ4n) is 4.50. The summed E-state index contributed by atoms with van der Waals surface area (Å²) in [5.74, 6) is 0.905. The number of ether oxygens (including phenoxy) is 1. The van der Waals surface area contributed by atoms with E-state index in [1.54, 1.807) is 25.4 Å². The number of nitrogens with one attached hydrogen (secondary N) is 1. The molecule has 4 nitrogen and oxygen atoms in total. The van der Waals surface area contributed by atoms with E-state index in [9.17, 15) is 4.79 Å². The minimum Gasteiger partial charge on any atom is -0.497 e. The summed E-state index contributed by atoms with van der Waals surface area (Å²) in [6.45, 7) is 3.82. The molecule has 1 aromatic carbocycles. The summed E-state index contributed by atoms with van der Waals surface area (Å²) in [5.41, 5.74) is 4.07. The first kappa shape index (κ1) is 18.5. The van der Waals surface area contributed by atoms with Crippen molar-refractivity contribution in [3.05, 3.63) is 45.8 Å². The second-order valence-electron chi connectivity index (χ2n) is 7.56. The molecule has 0 radical (unpaired) electrons. The standard InChI is InChI=1S/C22H28N2O2S/c1-15(25)23-22-20(18-10-3-4-11-19(18)27-22)21(24-12-5-6-13-24)16-8-7-9-17(14-16)26-2/h7-9,14,21H,3-6,10-13H2,1-2H3,(H,23,25). The van der Waals surface area contributed by atoms with Crippen molar-refractivity contribution in [2.24, 2.45) is 0 Å². The zero-order valence-corrected chi connectivity index (χ0v) is 17.0. The summed E-state index contributed by atoms with van der Waals surface area (Å²) in [5, 5.41) is 4.20. The van der Waals surface area contributed by atoms with Crippen LogP contribution in [0.2, 0.25) is 0 Å². The van der Waals surface area contributed by atoms with Crippen LogP contribution >= 0.6 is 11.3 Å². The highest BCUT2D eigenvalue weighted by Gasteiger charge is 2.33. The molecular formula is C22H28N2O2S. The van der Waals surface area contributed by atoms with Crippen molar-refractivity contribution < 1.29 is 9.53 Å². The number of thiophene rings is 1. The molecule has 5 heteroatoms. The minimum absolute atomic E-state index is 0.0145. The van der Waals surface area contributed by atoms with Crippen molar-refractivity contribution in [2.45, 2.75) is 51.5 Å². The highest BCUT2D eigenvalue weighted by Crippen LogP contribution is 2.46. The number of benzene rings is 1. The number of fused-ring (bicyclic) bond motifs is 1. The lowest BCUT2D eigenvalue weighted by Crippen LogP contribution is -2.28. The van der Waals surface area contributed by atoms with E-state index in [0.717, 1.165) is 36.7 Å². The number of nitrogens with zero attached hydrogens (tertiary/aromatic N) is 1. The van der Waals surface area contributed by atoms with Crippen molar-refractivity contribution in [2.75, 3.05) is 25.5 Å². The van der Waals surface area contributed by atoms with Gasteiger partial charge in [-0.3, -0.25) is 9.69 Å². The van der Waals surface area contributed by atoms with Gasteiger partial charge in [0.15, 0.2) is 0 Å². The van der Waals surface area contributed by atoms with Gasteiger partial charge in [-0.1, -0.05) is 12.1 Å². The first-order chi connectivity index (χ1) is 13.2. The Morgan fingerprint density at radius 3 is 2.70 bits per heavy atom. The van der Waals surface area contributed by atoms with Gasteiger partial charge in [0.1, 0.15) is 10.8 Å². The highest BCUT2D eigenvalue weighted by molar-refractivity contribution is 7.16. The van der Waals surface area contributed by atoms with Crippen LogP contribution in [0.1, 0.15) is 60.2 Å². The Bertz CT molecular complexity index is 824. The molecule has 144 valence electrons. The number of hydrogen-bond acceptors (Lipinski definition) is 4. The minimum atomic E-state index is 0.0145. The van der Waals surface area contributed by atoms with Gasteiger partial charge >= 0.3 is 0 Å². The second-order valence-corrected chi connectivity index (χ2v) is 8.66. The van der Waals surface area contributed by atoms with Crippen molar-refractivity contribution in [1.82, 2.24) is 4.90 Å². The molecule has 1 fully saturated rings. The van der Waals surface area contributed by atoms with Crippen LogP contribution in [0.25, 0.3) is 0 Å². The molecule has 4 rings (SSSR count). The summed E-state index contributed by atoms with van der Waals surface area (Å²) in [6.07, 6.45) is 7.22. The fourth-order valence-corrected chi connectivity index (χ4v) is 5.87. The number of likely N-dealkylation sites (tertiary alicyclic amines) is 1. The Morgan fingerprint density at radius 2 is 1.96 bits per heavy atom. The van der Waals surface area contributed by atoms with E-state index in [1.807, 2.05) is 6.07 Å². The third kappa shape index (κ3) is 3.76. The van der Waals surface area contributed by atoms with Gasteiger partial charge in [0.2, 0.25) is 5.91 Å². The molecule has 1 N–H and O–H groups in total. The van der Waals surface area contributed by atoms with Gasteiger partial charge in [0, 0.05) is 17.4 Å². The SMILES string of the molecule is COc1cccc(C(c2c(NC(C)=O)sc3c2CCCC3)N2CCCC2)c1. The number of aryl methyl sites for hydroxylation is 1. The molecule has 1 saturated heterocycles. The van der Waals surface area contributed by atoms with Crippen molar-refractivity contribution >= 4 is 22.2 Å². The zero-order chi connectivity index (χ0) is 18.8. The first-order valence-corrected chi connectivity index (χ1v) is 10.8. The molecule has 2 aliphatic rings. The summed E-state index contributed by atoms with van der Waals surface area (Å²) in [6, 6.07) is 8.63. The Morgan fingerprint density at radius 1 is 1.19 bits per heavy atom. The van der Waals surface area contributed by atoms with Crippen LogP contribution in [0.4, 0.5) is 5.00 Å². The average molecular weight is 385 g/mol. The molecule has 0 spiro atoms. The van der Waals surface area contributed by atoms with Gasteiger partial charge in [0.25, 0.3) is 0 Å². The van der Waals surface area contributed by atoms with Crippen LogP contribution in [0.3, 0.4) is 0 Å². The second kappa shape index (κ2) is 8.03. The van der Waals surface area contributed by atoms with E-state index in [4.69, 9.17) is 4.74 Å². The molecular weight excluding hydrogens is 356 g/mol. The van der Waals surface area contributed by atoms with Gasteiger partial charge in [-0.2, -0.15) is 0 Å². The van der Waals surface area contributed by atoms with Crippen LogP contribution in [0.5, 0.6) is 5.75 Å².